The maximum atomic E-state index is 6.01. The van der Waals surface area contributed by atoms with E-state index in [1.54, 1.807) is 0 Å². The molecule has 1 atom stereocenters. The standard InChI is InChI=1S/C11H16N2/c1-8-3-6-13-7-10(8)11(4-5-11)9(2)12/h3,6-7,9H,4-5,12H2,1-2H3. The summed E-state index contributed by atoms with van der Waals surface area (Å²) in [7, 11) is 0. The highest BCUT2D eigenvalue weighted by Crippen LogP contribution is 2.50. The third-order valence-electron chi connectivity index (χ3n) is 3.24. The number of pyridine rings is 1. The van der Waals surface area contributed by atoms with E-state index >= 15 is 0 Å². The van der Waals surface area contributed by atoms with Gasteiger partial charge in [0.15, 0.2) is 0 Å². The summed E-state index contributed by atoms with van der Waals surface area (Å²) in [5.41, 5.74) is 8.93. The molecule has 2 nitrogen and oxygen atoms in total. The Bertz CT molecular complexity index is 314. The van der Waals surface area contributed by atoms with E-state index in [-0.39, 0.29) is 11.5 Å². The quantitative estimate of drug-likeness (QED) is 0.745. The van der Waals surface area contributed by atoms with Crippen molar-refractivity contribution in [2.75, 3.05) is 0 Å². The molecule has 1 aromatic rings. The van der Waals surface area contributed by atoms with E-state index in [1.807, 2.05) is 12.4 Å². The van der Waals surface area contributed by atoms with Crippen molar-refractivity contribution in [1.29, 1.82) is 0 Å². The third-order valence-corrected chi connectivity index (χ3v) is 3.24. The SMILES string of the molecule is Cc1ccncc1C1(C(C)N)CC1. The van der Waals surface area contributed by atoms with Gasteiger partial charge < -0.3 is 5.73 Å². The van der Waals surface area contributed by atoms with E-state index in [9.17, 15) is 0 Å². The first-order chi connectivity index (χ1) is 6.17. The topological polar surface area (TPSA) is 38.9 Å². The van der Waals surface area contributed by atoms with Crippen LogP contribution in [0, 0.1) is 6.92 Å². The highest BCUT2D eigenvalue weighted by molar-refractivity contribution is 5.37. The lowest BCUT2D eigenvalue weighted by atomic mass is 9.88. The molecule has 1 saturated carbocycles. The maximum Gasteiger partial charge on any atom is 0.0308 e. The van der Waals surface area contributed by atoms with E-state index in [1.165, 1.54) is 24.0 Å². The van der Waals surface area contributed by atoms with E-state index < -0.39 is 0 Å². The molecule has 0 amide bonds. The van der Waals surface area contributed by atoms with Gasteiger partial charge in [0.1, 0.15) is 0 Å². The fourth-order valence-electron chi connectivity index (χ4n) is 2.09. The zero-order valence-electron chi connectivity index (χ0n) is 8.25. The predicted octanol–water partition coefficient (Wildman–Crippen LogP) is 1.77. The van der Waals surface area contributed by atoms with Crippen LogP contribution >= 0.6 is 0 Å². The molecule has 0 bridgehead atoms. The Morgan fingerprint density at radius 2 is 2.23 bits per heavy atom. The van der Waals surface area contributed by atoms with Crippen LogP contribution in [-0.4, -0.2) is 11.0 Å². The first kappa shape index (κ1) is 8.70. The molecule has 1 heterocycles. The lowest BCUT2D eigenvalue weighted by Gasteiger charge is -2.21. The second-order valence-electron chi connectivity index (χ2n) is 4.14. The summed E-state index contributed by atoms with van der Waals surface area (Å²) in [6, 6.07) is 2.31. The van der Waals surface area contributed by atoms with Crippen molar-refractivity contribution in [1.82, 2.24) is 4.98 Å². The van der Waals surface area contributed by atoms with Crippen LogP contribution in [0.4, 0.5) is 0 Å². The van der Waals surface area contributed by atoms with Crippen LogP contribution < -0.4 is 5.73 Å². The molecule has 0 radical (unpaired) electrons. The molecule has 2 heteroatoms. The van der Waals surface area contributed by atoms with E-state index in [0.29, 0.717) is 0 Å². The van der Waals surface area contributed by atoms with Crippen molar-refractivity contribution < 1.29 is 0 Å². The monoisotopic (exact) mass is 176 g/mol. The summed E-state index contributed by atoms with van der Waals surface area (Å²) in [4.78, 5) is 4.18. The molecule has 1 aliphatic rings. The minimum absolute atomic E-state index is 0.246. The van der Waals surface area contributed by atoms with Gasteiger partial charge in [0.05, 0.1) is 0 Å². The number of aromatic nitrogens is 1. The van der Waals surface area contributed by atoms with Gasteiger partial charge >= 0.3 is 0 Å². The Balaban J connectivity index is 2.41. The first-order valence-electron chi connectivity index (χ1n) is 4.83. The van der Waals surface area contributed by atoms with E-state index in [2.05, 4.69) is 24.9 Å². The van der Waals surface area contributed by atoms with Crippen molar-refractivity contribution in [3.05, 3.63) is 29.6 Å². The van der Waals surface area contributed by atoms with Crippen LogP contribution in [0.15, 0.2) is 18.5 Å². The average molecular weight is 176 g/mol. The second-order valence-corrected chi connectivity index (χ2v) is 4.14. The average Bonchev–Trinajstić information content (AvgIpc) is 2.85. The molecule has 70 valence electrons. The van der Waals surface area contributed by atoms with Gasteiger partial charge in [-0.05, 0) is 43.9 Å². The highest BCUT2D eigenvalue weighted by Gasteiger charge is 2.48. The molecule has 1 aromatic heterocycles. The molecule has 0 saturated heterocycles. The van der Waals surface area contributed by atoms with E-state index in [0.717, 1.165) is 0 Å². The molecule has 2 rings (SSSR count). The molecular formula is C11H16N2. The fourth-order valence-corrected chi connectivity index (χ4v) is 2.09. The van der Waals surface area contributed by atoms with Crippen LogP contribution in [0.2, 0.25) is 0 Å². The Morgan fingerprint density at radius 1 is 1.54 bits per heavy atom. The van der Waals surface area contributed by atoms with Gasteiger partial charge in [0, 0.05) is 23.9 Å². The van der Waals surface area contributed by atoms with Gasteiger partial charge in [-0.1, -0.05) is 0 Å². The summed E-state index contributed by atoms with van der Waals surface area (Å²) >= 11 is 0. The minimum atomic E-state index is 0.246. The Kier molecular flexibility index (Phi) is 1.88. The summed E-state index contributed by atoms with van der Waals surface area (Å²) < 4.78 is 0. The Hall–Kier alpha value is -0.890. The zero-order valence-corrected chi connectivity index (χ0v) is 8.25. The normalized spacial score (nSPS) is 21.2. The Labute approximate surface area is 79.2 Å². The summed E-state index contributed by atoms with van der Waals surface area (Å²) in [6.45, 7) is 4.24. The van der Waals surface area contributed by atoms with Crippen molar-refractivity contribution in [2.45, 2.75) is 38.1 Å². The van der Waals surface area contributed by atoms with Gasteiger partial charge in [-0.25, -0.2) is 0 Å². The van der Waals surface area contributed by atoms with Crippen LogP contribution in [0.1, 0.15) is 30.9 Å². The van der Waals surface area contributed by atoms with Gasteiger partial charge in [0.25, 0.3) is 0 Å². The van der Waals surface area contributed by atoms with Crippen molar-refractivity contribution in [2.24, 2.45) is 5.73 Å². The van der Waals surface area contributed by atoms with Crippen LogP contribution in [0.5, 0.6) is 0 Å². The molecule has 2 N–H and O–H groups in total. The Morgan fingerprint density at radius 3 is 2.69 bits per heavy atom. The molecule has 0 aliphatic heterocycles. The lowest BCUT2D eigenvalue weighted by molar-refractivity contribution is 0.552. The summed E-state index contributed by atoms with van der Waals surface area (Å²) in [6.07, 6.45) is 6.26. The molecule has 1 fully saturated rings. The number of nitrogens with two attached hydrogens (primary N) is 1. The summed E-state index contributed by atoms with van der Waals surface area (Å²) in [5, 5.41) is 0. The molecule has 1 unspecified atom stereocenters. The number of hydrogen-bond donors (Lipinski definition) is 1. The maximum absolute atomic E-state index is 6.01. The predicted molar refractivity (Wildman–Crippen MR) is 53.5 cm³/mol. The molecule has 0 aromatic carbocycles. The van der Waals surface area contributed by atoms with E-state index in [4.69, 9.17) is 5.73 Å². The summed E-state index contributed by atoms with van der Waals surface area (Å²) in [5.74, 6) is 0. The molecular weight excluding hydrogens is 160 g/mol. The van der Waals surface area contributed by atoms with Gasteiger partial charge in [-0.15, -0.1) is 0 Å². The van der Waals surface area contributed by atoms with Crippen molar-refractivity contribution >= 4 is 0 Å². The molecule has 13 heavy (non-hydrogen) atoms. The van der Waals surface area contributed by atoms with Crippen molar-refractivity contribution in [3.8, 4) is 0 Å². The second kappa shape index (κ2) is 2.81. The highest BCUT2D eigenvalue weighted by atomic mass is 14.7. The first-order valence-corrected chi connectivity index (χ1v) is 4.83. The number of hydrogen-bond acceptors (Lipinski definition) is 2. The van der Waals surface area contributed by atoms with Crippen LogP contribution in [0.25, 0.3) is 0 Å². The zero-order chi connectivity index (χ0) is 9.47. The van der Waals surface area contributed by atoms with Crippen LogP contribution in [-0.2, 0) is 5.41 Å². The number of nitrogens with zero attached hydrogens (tertiary/aromatic N) is 1. The van der Waals surface area contributed by atoms with Crippen molar-refractivity contribution in [3.63, 3.8) is 0 Å². The minimum Gasteiger partial charge on any atom is -0.327 e. The van der Waals surface area contributed by atoms with Gasteiger partial charge in [0.2, 0.25) is 0 Å². The van der Waals surface area contributed by atoms with Crippen LogP contribution in [0.3, 0.4) is 0 Å². The van der Waals surface area contributed by atoms with Gasteiger partial charge in [-0.3, -0.25) is 4.98 Å². The molecule has 1 aliphatic carbocycles. The fraction of sp³-hybridized carbons (Fsp3) is 0.545. The third kappa shape index (κ3) is 1.25. The lowest BCUT2D eigenvalue weighted by Crippen LogP contribution is -2.32. The number of aryl methyl sites for hydroxylation is 1. The number of rotatable bonds is 2. The molecule has 0 spiro atoms. The smallest absolute Gasteiger partial charge is 0.0308 e. The van der Waals surface area contributed by atoms with Gasteiger partial charge in [-0.2, -0.15) is 0 Å². The largest absolute Gasteiger partial charge is 0.327 e.